The van der Waals surface area contributed by atoms with Crippen molar-refractivity contribution >= 4 is 0 Å². The van der Waals surface area contributed by atoms with Gasteiger partial charge in [0, 0.05) is 5.56 Å². The van der Waals surface area contributed by atoms with Crippen molar-refractivity contribution in [2.24, 2.45) is 0 Å². The summed E-state index contributed by atoms with van der Waals surface area (Å²) in [5.74, 6) is 2.20. The average Bonchev–Trinajstić information content (AvgIpc) is 2.79. The van der Waals surface area contributed by atoms with Gasteiger partial charge in [0.05, 0.1) is 6.61 Å². The number of allylic oxidation sites excluding steroid dienone is 6. The second-order valence-corrected chi connectivity index (χ2v) is 11.3. The Morgan fingerprint density at radius 2 is 1.51 bits per heavy atom. The molecule has 0 radical (unpaired) electrons. The van der Waals surface area contributed by atoms with E-state index < -0.39 is 0 Å². The van der Waals surface area contributed by atoms with E-state index in [0.717, 1.165) is 75.9 Å². The molecule has 2 nitrogen and oxygen atoms in total. The van der Waals surface area contributed by atoms with Gasteiger partial charge in [-0.3, -0.25) is 0 Å². The lowest BCUT2D eigenvalue weighted by molar-refractivity contribution is 0.0558. The van der Waals surface area contributed by atoms with E-state index in [-0.39, 0.29) is 5.60 Å². The monoisotopic (exact) mass is 480 g/mol. The molecular formula is C33H52O2. The first-order chi connectivity index (χ1) is 16.6. The molecule has 0 saturated carbocycles. The van der Waals surface area contributed by atoms with E-state index in [1.54, 1.807) is 0 Å². The Balaban J connectivity index is 1.93. The average molecular weight is 481 g/mol. The zero-order chi connectivity index (χ0) is 26.0. The molecule has 1 aromatic carbocycles. The van der Waals surface area contributed by atoms with E-state index in [4.69, 9.17) is 9.47 Å². The molecule has 0 unspecified atom stereocenters. The van der Waals surface area contributed by atoms with E-state index in [1.807, 2.05) is 0 Å². The van der Waals surface area contributed by atoms with Crippen molar-refractivity contribution in [3.8, 4) is 11.5 Å². The van der Waals surface area contributed by atoms with Crippen LogP contribution in [0, 0.1) is 20.8 Å². The molecule has 196 valence electrons. The molecule has 0 saturated heterocycles. The van der Waals surface area contributed by atoms with Gasteiger partial charge >= 0.3 is 0 Å². The Labute approximate surface area is 216 Å². The van der Waals surface area contributed by atoms with E-state index in [1.165, 1.54) is 45.4 Å². The van der Waals surface area contributed by atoms with E-state index in [9.17, 15) is 0 Å². The fraction of sp³-hybridized carbons (Fsp3) is 0.636. The second kappa shape index (κ2) is 14.0. The Morgan fingerprint density at radius 1 is 0.886 bits per heavy atom. The fourth-order valence-electron chi connectivity index (χ4n) is 4.96. The molecule has 0 spiro atoms. The molecule has 2 heteroatoms. The zero-order valence-electron chi connectivity index (χ0n) is 24.3. The molecule has 1 aliphatic heterocycles. The quantitative estimate of drug-likeness (QED) is 0.206. The van der Waals surface area contributed by atoms with Crippen molar-refractivity contribution in [1.29, 1.82) is 0 Å². The maximum absolute atomic E-state index is 6.74. The third-order valence-electron chi connectivity index (χ3n) is 7.60. The summed E-state index contributed by atoms with van der Waals surface area (Å²) in [4.78, 5) is 0. The summed E-state index contributed by atoms with van der Waals surface area (Å²) in [5, 5.41) is 0. The number of hydrogen-bond acceptors (Lipinski definition) is 2. The molecule has 1 aromatic rings. The minimum atomic E-state index is -0.0978. The topological polar surface area (TPSA) is 18.5 Å². The van der Waals surface area contributed by atoms with Crippen molar-refractivity contribution in [3.05, 3.63) is 57.2 Å². The fourth-order valence-corrected chi connectivity index (χ4v) is 4.96. The summed E-state index contributed by atoms with van der Waals surface area (Å²) in [7, 11) is 0. The van der Waals surface area contributed by atoms with Gasteiger partial charge in [0.15, 0.2) is 0 Å². The number of benzene rings is 1. The summed E-state index contributed by atoms with van der Waals surface area (Å²) in [5.41, 5.74) is 9.45. The Bertz CT molecular complexity index is 927. The number of fused-ring (bicyclic) bond motifs is 1. The predicted octanol–water partition coefficient (Wildman–Crippen LogP) is 10.1. The summed E-state index contributed by atoms with van der Waals surface area (Å²) < 4.78 is 12.9. The van der Waals surface area contributed by atoms with Gasteiger partial charge in [0.25, 0.3) is 0 Å². The summed E-state index contributed by atoms with van der Waals surface area (Å²) in [6, 6.07) is 0. The number of rotatable bonds is 13. The van der Waals surface area contributed by atoms with Gasteiger partial charge in [0.1, 0.15) is 17.1 Å². The smallest absolute Gasteiger partial charge is 0.127 e. The molecule has 1 aliphatic rings. The van der Waals surface area contributed by atoms with Crippen molar-refractivity contribution in [1.82, 2.24) is 0 Å². The highest BCUT2D eigenvalue weighted by Gasteiger charge is 2.34. The van der Waals surface area contributed by atoms with Gasteiger partial charge in [-0.05, 0) is 130 Å². The predicted molar refractivity (Wildman–Crippen MR) is 153 cm³/mol. The van der Waals surface area contributed by atoms with Crippen LogP contribution < -0.4 is 9.47 Å². The standard InChI is InChI=1S/C33H52O2/c1-10-11-23-34-31-27(6)28(7)32-30(29(31)8)20-22-33(9,35-32)21-14-19-26(5)18-13-17-25(4)16-12-15-24(2)3/h15,17,19H,10-14,16,18,20-23H2,1-9H3/b25-17+,26-19+/t33-/m0/s1. The molecular weight excluding hydrogens is 428 g/mol. The Kier molecular flexibility index (Phi) is 11.7. The Hall–Kier alpha value is -1.96. The van der Waals surface area contributed by atoms with Crippen LogP contribution >= 0.6 is 0 Å². The van der Waals surface area contributed by atoms with Crippen LogP contribution in [0.1, 0.15) is 122 Å². The lowest BCUT2D eigenvalue weighted by Crippen LogP contribution is -2.37. The first kappa shape index (κ1) is 29.3. The number of ether oxygens (including phenoxy) is 2. The third-order valence-corrected chi connectivity index (χ3v) is 7.60. The zero-order valence-corrected chi connectivity index (χ0v) is 24.3. The highest BCUT2D eigenvalue weighted by molar-refractivity contribution is 5.59. The van der Waals surface area contributed by atoms with E-state index >= 15 is 0 Å². The van der Waals surface area contributed by atoms with Crippen LogP contribution in [0.4, 0.5) is 0 Å². The van der Waals surface area contributed by atoms with Crippen molar-refractivity contribution < 1.29 is 9.47 Å². The summed E-state index contributed by atoms with van der Waals surface area (Å²) >= 11 is 0. The van der Waals surface area contributed by atoms with Crippen LogP contribution in [0.5, 0.6) is 11.5 Å². The molecule has 0 aromatic heterocycles. The first-order valence-electron chi connectivity index (χ1n) is 14.0. The molecule has 0 amide bonds. The molecule has 35 heavy (non-hydrogen) atoms. The second-order valence-electron chi connectivity index (χ2n) is 11.3. The third kappa shape index (κ3) is 8.89. The van der Waals surface area contributed by atoms with Gasteiger partial charge in [-0.25, -0.2) is 0 Å². The number of hydrogen-bond donors (Lipinski definition) is 0. The molecule has 0 fully saturated rings. The lowest BCUT2D eigenvalue weighted by atomic mass is 9.85. The van der Waals surface area contributed by atoms with Gasteiger partial charge < -0.3 is 9.47 Å². The van der Waals surface area contributed by atoms with Crippen LogP contribution in [-0.4, -0.2) is 12.2 Å². The highest BCUT2D eigenvalue weighted by Crippen LogP contribution is 2.44. The highest BCUT2D eigenvalue weighted by atomic mass is 16.5. The van der Waals surface area contributed by atoms with Gasteiger partial charge in [-0.2, -0.15) is 0 Å². The van der Waals surface area contributed by atoms with Crippen LogP contribution in [0.25, 0.3) is 0 Å². The molecule has 1 heterocycles. The van der Waals surface area contributed by atoms with Gasteiger partial charge in [0.2, 0.25) is 0 Å². The summed E-state index contributed by atoms with van der Waals surface area (Å²) in [6.07, 6.45) is 18.4. The molecule has 0 bridgehead atoms. The Morgan fingerprint density at radius 3 is 2.14 bits per heavy atom. The molecule has 0 aliphatic carbocycles. The van der Waals surface area contributed by atoms with E-state index in [2.05, 4.69) is 80.5 Å². The van der Waals surface area contributed by atoms with Crippen LogP contribution in [0.15, 0.2) is 34.9 Å². The first-order valence-corrected chi connectivity index (χ1v) is 14.0. The maximum atomic E-state index is 6.74. The van der Waals surface area contributed by atoms with Gasteiger partial charge in [-0.15, -0.1) is 0 Å². The van der Waals surface area contributed by atoms with Crippen molar-refractivity contribution in [2.45, 2.75) is 132 Å². The minimum Gasteiger partial charge on any atom is -0.493 e. The SMILES string of the molecule is CCCCOc1c(C)c(C)c2c(c1C)CC[C@](C)(CC/C=C(\C)CC/C=C(\C)CCC=C(C)C)O2. The van der Waals surface area contributed by atoms with Crippen molar-refractivity contribution in [2.75, 3.05) is 6.61 Å². The van der Waals surface area contributed by atoms with E-state index in [0.29, 0.717) is 0 Å². The van der Waals surface area contributed by atoms with Crippen molar-refractivity contribution in [3.63, 3.8) is 0 Å². The van der Waals surface area contributed by atoms with Gasteiger partial charge in [-0.1, -0.05) is 48.3 Å². The molecule has 1 atom stereocenters. The summed E-state index contributed by atoms with van der Waals surface area (Å²) in [6.45, 7) is 20.8. The molecule has 0 N–H and O–H groups in total. The van der Waals surface area contributed by atoms with Crippen LogP contribution in [0.3, 0.4) is 0 Å². The van der Waals surface area contributed by atoms with Crippen LogP contribution in [-0.2, 0) is 6.42 Å². The van der Waals surface area contributed by atoms with Crippen LogP contribution in [0.2, 0.25) is 0 Å². The largest absolute Gasteiger partial charge is 0.493 e. The minimum absolute atomic E-state index is 0.0978. The maximum Gasteiger partial charge on any atom is 0.127 e. The normalized spacial score (nSPS) is 18.2. The lowest BCUT2D eigenvalue weighted by Gasteiger charge is -2.38. The number of unbranched alkanes of at least 4 members (excludes halogenated alkanes) is 1. The molecule has 2 rings (SSSR count).